The van der Waals surface area contributed by atoms with Crippen molar-refractivity contribution in [2.24, 2.45) is 5.84 Å². The Hall–Kier alpha value is -1.13. The molecule has 5 heteroatoms. The van der Waals surface area contributed by atoms with E-state index in [4.69, 9.17) is 29.0 Å². The van der Waals surface area contributed by atoms with Gasteiger partial charge in [0.25, 0.3) is 0 Å². The molecular weight excluding hydrogens is 286 g/mol. The molecule has 0 aliphatic carbocycles. The average Bonchev–Trinajstić information content (AvgIpc) is 2.34. The monoisotopic (exact) mass is 298 g/mol. The van der Waals surface area contributed by atoms with E-state index in [9.17, 15) is 4.39 Å². The molecule has 2 aromatic carbocycles. The first-order chi connectivity index (χ1) is 9.02. The van der Waals surface area contributed by atoms with Crippen LogP contribution in [-0.4, -0.2) is 0 Å². The van der Waals surface area contributed by atoms with Crippen LogP contribution in [0.3, 0.4) is 0 Å². The highest BCUT2D eigenvalue weighted by Crippen LogP contribution is 2.33. The number of rotatable bonds is 3. The van der Waals surface area contributed by atoms with Crippen molar-refractivity contribution in [2.75, 3.05) is 0 Å². The lowest BCUT2D eigenvalue weighted by atomic mass is 9.97. The second-order valence-electron chi connectivity index (χ2n) is 4.30. The normalized spacial score (nSPS) is 12.5. The molecule has 0 aliphatic heterocycles. The van der Waals surface area contributed by atoms with E-state index < -0.39 is 6.04 Å². The van der Waals surface area contributed by atoms with Crippen LogP contribution in [-0.2, 0) is 0 Å². The number of benzene rings is 2. The number of hydrogen-bond donors (Lipinski definition) is 2. The van der Waals surface area contributed by atoms with Gasteiger partial charge in [0.15, 0.2) is 0 Å². The molecule has 2 rings (SSSR count). The Morgan fingerprint density at radius 2 is 1.95 bits per heavy atom. The lowest BCUT2D eigenvalue weighted by Crippen LogP contribution is -2.29. The first-order valence-corrected chi connectivity index (χ1v) is 6.45. The standard InChI is InChI=1S/C14H13Cl2FN2/c1-8-5-9(7-10(17)6-8)14(19-18)11-3-2-4-12(15)13(11)16/h2-7,14,19H,18H2,1H3. The van der Waals surface area contributed by atoms with Gasteiger partial charge in [-0.1, -0.05) is 41.4 Å². The highest BCUT2D eigenvalue weighted by Gasteiger charge is 2.18. The van der Waals surface area contributed by atoms with E-state index >= 15 is 0 Å². The number of hydrazine groups is 1. The van der Waals surface area contributed by atoms with Gasteiger partial charge in [0, 0.05) is 0 Å². The molecule has 0 radical (unpaired) electrons. The van der Waals surface area contributed by atoms with Crippen molar-refractivity contribution in [3.8, 4) is 0 Å². The molecule has 1 unspecified atom stereocenters. The second kappa shape index (κ2) is 5.88. The lowest BCUT2D eigenvalue weighted by molar-refractivity contribution is 0.604. The molecule has 2 aromatic rings. The SMILES string of the molecule is Cc1cc(F)cc(C(NN)c2cccc(Cl)c2Cl)c1. The van der Waals surface area contributed by atoms with Gasteiger partial charge in [0.05, 0.1) is 16.1 Å². The summed E-state index contributed by atoms with van der Waals surface area (Å²) in [4.78, 5) is 0. The molecule has 0 bridgehead atoms. The van der Waals surface area contributed by atoms with Gasteiger partial charge in [0.1, 0.15) is 5.82 Å². The quantitative estimate of drug-likeness (QED) is 0.664. The molecule has 0 aromatic heterocycles. The van der Waals surface area contributed by atoms with Crippen molar-refractivity contribution >= 4 is 23.2 Å². The molecule has 2 nitrogen and oxygen atoms in total. The highest BCUT2D eigenvalue weighted by atomic mass is 35.5. The Morgan fingerprint density at radius 3 is 2.58 bits per heavy atom. The largest absolute Gasteiger partial charge is 0.271 e. The van der Waals surface area contributed by atoms with Crippen LogP contribution in [0.5, 0.6) is 0 Å². The Kier molecular flexibility index (Phi) is 4.42. The fourth-order valence-corrected chi connectivity index (χ4v) is 2.46. The highest BCUT2D eigenvalue weighted by molar-refractivity contribution is 6.42. The van der Waals surface area contributed by atoms with E-state index in [-0.39, 0.29) is 5.82 Å². The third-order valence-corrected chi connectivity index (χ3v) is 3.69. The van der Waals surface area contributed by atoms with E-state index in [1.807, 2.05) is 13.0 Å². The van der Waals surface area contributed by atoms with E-state index in [2.05, 4.69) is 5.43 Å². The molecule has 1 atom stereocenters. The molecule has 0 saturated heterocycles. The van der Waals surface area contributed by atoms with Crippen LogP contribution >= 0.6 is 23.2 Å². The summed E-state index contributed by atoms with van der Waals surface area (Å²) in [5.41, 5.74) is 4.87. The zero-order valence-corrected chi connectivity index (χ0v) is 11.8. The first-order valence-electron chi connectivity index (χ1n) is 5.70. The van der Waals surface area contributed by atoms with Crippen molar-refractivity contribution in [1.82, 2.24) is 5.43 Å². The maximum Gasteiger partial charge on any atom is 0.123 e. The number of hydrogen-bond acceptors (Lipinski definition) is 2. The summed E-state index contributed by atoms with van der Waals surface area (Å²) in [7, 11) is 0. The van der Waals surface area contributed by atoms with Crippen molar-refractivity contribution < 1.29 is 4.39 Å². The summed E-state index contributed by atoms with van der Waals surface area (Å²) in [6.45, 7) is 1.82. The van der Waals surface area contributed by atoms with Crippen LogP contribution in [0.25, 0.3) is 0 Å². The summed E-state index contributed by atoms with van der Waals surface area (Å²) < 4.78 is 13.5. The molecule has 0 heterocycles. The molecule has 0 saturated carbocycles. The summed E-state index contributed by atoms with van der Waals surface area (Å²) in [6, 6.07) is 9.59. The van der Waals surface area contributed by atoms with E-state index in [0.29, 0.717) is 21.2 Å². The predicted octanol–water partition coefficient (Wildman–Crippen LogP) is 3.99. The Bertz CT molecular complexity index is 582. The summed E-state index contributed by atoms with van der Waals surface area (Å²) in [6.07, 6.45) is 0. The smallest absolute Gasteiger partial charge is 0.123 e. The summed E-state index contributed by atoms with van der Waals surface area (Å²) in [5.74, 6) is 5.27. The molecular formula is C14H13Cl2FN2. The van der Waals surface area contributed by atoms with E-state index in [0.717, 1.165) is 5.56 Å². The minimum Gasteiger partial charge on any atom is -0.271 e. The molecule has 0 amide bonds. The van der Waals surface area contributed by atoms with Gasteiger partial charge in [-0.15, -0.1) is 0 Å². The van der Waals surface area contributed by atoms with Gasteiger partial charge in [-0.25, -0.2) is 9.82 Å². The third-order valence-electron chi connectivity index (χ3n) is 2.86. The average molecular weight is 299 g/mol. The van der Waals surface area contributed by atoms with E-state index in [1.165, 1.54) is 12.1 Å². The van der Waals surface area contributed by atoms with Crippen molar-refractivity contribution in [1.29, 1.82) is 0 Å². The van der Waals surface area contributed by atoms with Crippen LogP contribution in [0.2, 0.25) is 10.0 Å². The molecule has 19 heavy (non-hydrogen) atoms. The van der Waals surface area contributed by atoms with Crippen LogP contribution in [0, 0.1) is 12.7 Å². The Labute approximate surface area is 121 Å². The lowest BCUT2D eigenvalue weighted by Gasteiger charge is -2.19. The van der Waals surface area contributed by atoms with Crippen LogP contribution in [0.1, 0.15) is 22.7 Å². The fourth-order valence-electron chi connectivity index (χ4n) is 2.04. The number of halogens is 3. The summed E-state index contributed by atoms with van der Waals surface area (Å²) in [5, 5.41) is 0.849. The van der Waals surface area contributed by atoms with Gasteiger partial charge in [-0.05, 0) is 41.8 Å². The minimum absolute atomic E-state index is 0.312. The first kappa shape index (κ1) is 14.3. The molecule has 0 spiro atoms. The summed E-state index contributed by atoms with van der Waals surface area (Å²) >= 11 is 12.2. The predicted molar refractivity (Wildman–Crippen MR) is 76.8 cm³/mol. The van der Waals surface area contributed by atoms with Gasteiger partial charge in [0.2, 0.25) is 0 Å². The zero-order valence-electron chi connectivity index (χ0n) is 10.3. The van der Waals surface area contributed by atoms with Crippen molar-refractivity contribution in [2.45, 2.75) is 13.0 Å². The fraction of sp³-hybridized carbons (Fsp3) is 0.143. The third kappa shape index (κ3) is 3.07. The van der Waals surface area contributed by atoms with Gasteiger partial charge in [-0.3, -0.25) is 5.84 Å². The molecule has 100 valence electrons. The van der Waals surface area contributed by atoms with Crippen LogP contribution in [0.4, 0.5) is 4.39 Å². The number of nitrogens with one attached hydrogen (secondary N) is 1. The van der Waals surface area contributed by atoms with Crippen LogP contribution < -0.4 is 11.3 Å². The number of aryl methyl sites for hydroxylation is 1. The second-order valence-corrected chi connectivity index (χ2v) is 5.09. The molecule has 3 N–H and O–H groups in total. The van der Waals surface area contributed by atoms with Gasteiger partial charge < -0.3 is 0 Å². The van der Waals surface area contributed by atoms with Crippen molar-refractivity contribution in [3.63, 3.8) is 0 Å². The Balaban J connectivity index is 2.53. The number of nitrogens with two attached hydrogens (primary N) is 1. The topological polar surface area (TPSA) is 38.0 Å². The minimum atomic E-state index is -0.416. The van der Waals surface area contributed by atoms with Crippen molar-refractivity contribution in [3.05, 3.63) is 69.0 Å². The van der Waals surface area contributed by atoms with Gasteiger partial charge >= 0.3 is 0 Å². The maximum atomic E-state index is 13.5. The zero-order chi connectivity index (χ0) is 14.0. The van der Waals surface area contributed by atoms with E-state index in [1.54, 1.807) is 18.2 Å². The van der Waals surface area contributed by atoms with Crippen LogP contribution in [0.15, 0.2) is 36.4 Å². The molecule has 0 fully saturated rings. The maximum absolute atomic E-state index is 13.5. The molecule has 0 aliphatic rings. The Morgan fingerprint density at radius 1 is 1.21 bits per heavy atom. The van der Waals surface area contributed by atoms with Gasteiger partial charge in [-0.2, -0.15) is 0 Å².